The molecule has 0 aliphatic heterocycles. The molecule has 0 atom stereocenters. The highest BCUT2D eigenvalue weighted by Crippen LogP contribution is 2.22. The van der Waals surface area contributed by atoms with Crippen LogP contribution in [0.25, 0.3) is 0 Å². The second-order valence-corrected chi connectivity index (χ2v) is 5.80. The third-order valence-electron chi connectivity index (χ3n) is 4.51. The summed E-state index contributed by atoms with van der Waals surface area (Å²) in [6.07, 6.45) is 6.00. The van der Waals surface area contributed by atoms with Gasteiger partial charge in [-0.05, 0) is 56.3 Å². The number of nitrogens with zero attached hydrogens (tertiary/aromatic N) is 1. The molecule has 1 aromatic carbocycles. The zero-order valence-corrected chi connectivity index (χ0v) is 12.8. The molecule has 112 valence electrons. The van der Waals surface area contributed by atoms with Crippen molar-refractivity contribution in [2.45, 2.75) is 51.1 Å². The Balaban J connectivity index is 1.83. The van der Waals surface area contributed by atoms with Crippen LogP contribution in [-0.4, -0.2) is 37.2 Å². The van der Waals surface area contributed by atoms with Crippen LogP contribution in [0.5, 0.6) is 5.75 Å². The number of nitrogens with two attached hydrogens (primary N) is 1. The van der Waals surface area contributed by atoms with E-state index in [4.69, 9.17) is 10.5 Å². The average Bonchev–Trinajstić information content (AvgIpc) is 2.50. The number of methoxy groups -OCH3 is 1. The summed E-state index contributed by atoms with van der Waals surface area (Å²) in [6, 6.07) is 9.60. The Hall–Kier alpha value is -1.06. The lowest BCUT2D eigenvalue weighted by atomic mass is 9.90. The highest BCUT2D eigenvalue weighted by molar-refractivity contribution is 5.27. The predicted octanol–water partition coefficient (Wildman–Crippen LogP) is 2.83. The van der Waals surface area contributed by atoms with Gasteiger partial charge in [-0.3, -0.25) is 0 Å². The van der Waals surface area contributed by atoms with Crippen molar-refractivity contribution in [2.75, 3.05) is 20.2 Å². The van der Waals surface area contributed by atoms with Crippen LogP contribution in [0, 0.1) is 0 Å². The first kappa shape index (κ1) is 15.3. The fourth-order valence-corrected chi connectivity index (χ4v) is 3.13. The number of likely N-dealkylation sites (N-methyl/N-ethyl adjacent to an activating group) is 1. The molecule has 1 aromatic rings. The molecule has 1 saturated carbocycles. The summed E-state index contributed by atoms with van der Waals surface area (Å²) in [7, 11) is 1.71. The minimum atomic E-state index is 0.437. The van der Waals surface area contributed by atoms with E-state index >= 15 is 0 Å². The van der Waals surface area contributed by atoms with Gasteiger partial charge in [0.05, 0.1) is 7.11 Å². The molecule has 0 aromatic heterocycles. The van der Waals surface area contributed by atoms with Crippen molar-refractivity contribution in [3.63, 3.8) is 0 Å². The van der Waals surface area contributed by atoms with Crippen LogP contribution in [0.2, 0.25) is 0 Å². The average molecular weight is 276 g/mol. The molecule has 0 amide bonds. The molecule has 1 aliphatic rings. The first-order valence-corrected chi connectivity index (χ1v) is 7.85. The van der Waals surface area contributed by atoms with Crippen LogP contribution >= 0.6 is 0 Å². The molecule has 0 bridgehead atoms. The summed E-state index contributed by atoms with van der Waals surface area (Å²) in [5.41, 5.74) is 7.39. The van der Waals surface area contributed by atoms with Gasteiger partial charge in [-0.15, -0.1) is 0 Å². The van der Waals surface area contributed by atoms with Gasteiger partial charge in [0, 0.05) is 18.6 Å². The normalized spacial score (nSPS) is 23.0. The maximum atomic E-state index is 6.00. The van der Waals surface area contributed by atoms with E-state index in [2.05, 4.69) is 24.0 Å². The lowest BCUT2D eigenvalue weighted by Crippen LogP contribution is -2.41. The van der Waals surface area contributed by atoms with Gasteiger partial charge in [-0.1, -0.05) is 19.1 Å². The molecular weight excluding hydrogens is 248 g/mol. The van der Waals surface area contributed by atoms with Gasteiger partial charge in [0.15, 0.2) is 0 Å². The first-order valence-electron chi connectivity index (χ1n) is 7.85. The van der Waals surface area contributed by atoms with Crippen molar-refractivity contribution in [3.05, 3.63) is 29.8 Å². The summed E-state index contributed by atoms with van der Waals surface area (Å²) in [5, 5.41) is 0. The van der Waals surface area contributed by atoms with E-state index < -0.39 is 0 Å². The minimum absolute atomic E-state index is 0.437. The molecular formula is C17H28N2O. The fourth-order valence-electron chi connectivity index (χ4n) is 3.13. The van der Waals surface area contributed by atoms with E-state index in [0.29, 0.717) is 6.04 Å². The van der Waals surface area contributed by atoms with Crippen molar-refractivity contribution < 1.29 is 4.74 Å². The summed E-state index contributed by atoms with van der Waals surface area (Å²) >= 11 is 0. The quantitative estimate of drug-likeness (QED) is 0.868. The number of hydrogen-bond donors (Lipinski definition) is 1. The van der Waals surface area contributed by atoms with Crippen LogP contribution < -0.4 is 10.5 Å². The van der Waals surface area contributed by atoms with Crippen LogP contribution in [0.1, 0.15) is 38.2 Å². The van der Waals surface area contributed by atoms with Crippen LogP contribution in [0.3, 0.4) is 0 Å². The molecule has 0 heterocycles. The molecule has 0 radical (unpaired) electrons. The van der Waals surface area contributed by atoms with Gasteiger partial charge < -0.3 is 15.4 Å². The molecule has 1 fully saturated rings. The minimum Gasteiger partial charge on any atom is -0.497 e. The fraction of sp³-hybridized carbons (Fsp3) is 0.647. The Kier molecular flexibility index (Phi) is 5.86. The second kappa shape index (κ2) is 7.65. The van der Waals surface area contributed by atoms with Crippen LogP contribution in [-0.2, 0) is 6.42 Å². The van der Waals surface area contributed by atoms with Crippen molar-refractivity contribution in [3.8, 4) is 5.75 Å². The summed E-state index contributed by atoms with van der Waals surface area (Å²) in [6.45, 7) is 4.54. The van der Waals surface area contributed by atoms with E-state index in [1.54, 1.807) is 7.11 Å². The number of benzene rings is 1. The number of rotatable bonds is 6. The predicted molar refractivity (Wildman–Crippen MR) is 84.2 cm³/mol. The number of hydrogen-bond acceptors (Lipinski definition) is 3. The molecule has 1 aliphatic carbocycles. The Labute approximate surface area is 123 Å². The summed E-state index contributed by atoms with van der Waals surface area (Å²) < 4.78 is 5.20. The second-order valence-electron chi connectivity index (χ2n) is 5.80. The van der Waals surface area contributed by atoms with E-state index in [9.17, 15) is 0 Å². The van der Waals surface area contributed by atoms with Crippen molar-refractivity contribution in [1.29, 1.82) is 0 Å². The van der Waals surface area contributed by atoms with E-state index in [-0.39, 0.29) is 0 Å². The summed E-state index contributed by atoms with van der Waals surface area (Å²) in [5.74, 6) is 0.933. The van der Waals surface area contributed by atoms with Gasteiger partial charge in [-0.2, -0.15) is 0 Å². The largest absolute Gasteiger partial charge is 0.497 e. The smallest absolute Gasteiger partial charge is 0.118 e. The lowest BCUT2D eigenvalue weighted by Gasteiger charge is -2.35. The van der Waals surface area contributed by atoms with E-state index in [0.717, 1.165) is 31.3 Å². The third-order valence-corrected chi connectivity index (χ3v) is 4.51. The van der Waals surface area contributed by atoms with Gasteiger partial charge in [0.1, 0.15) is 5.75 Å². The molecule has 3 heteroatoms. The Morgan fingerprint density at radius 3 is 2.35 bits per heavy atom. The maximum absolute atomic E-state index is 6.00. The highest BCUT2D eigenvalue weighted by Gasteiger charge is 2.22. The topological polar surface area (TPSA) is 38.5 Å². The number of ether oxygens (including phenoxy) is 1. The third kappa shape index (κ3) is 4.22. The molecule has 0 unspecified atom stereocenters. The zero-order chi connectivity index (χ0) is 14.4. The molecule has 0 spiro atoms. The molecule has 2 N–H and O–H groups in total. The molecule has 20 heavy (non-hydrogen) atoms. The molecule has 3 nitrogen and oxygen atoms in total. The van der Waals surface area contributed by atoms with Gasteiger partial charge >= 0.3 is 0 Å². The van der Waals surface area contributed by atoms with Crippen molar-refractivity contribution in [2.24, 2.45) is 5.73 Å². The Morgan fingerprint density at radius 2 is 1.80 bits per heavy atom. The maximum Gasteiger partial charge on any atom is 0.118 e. The SMILES string of the molecule is CCN(CCc1ccc(OC)cc1)C1CCC(N)CC1. The highest BCUT2D eigenvalue weighted by atomic mass is 16.5. The monoisotopic (exact) mass is 276 g/mol. The standard InChI is InChI=1S/C17H28N2O/c1-3-19(16-8-6-15(18)7-9-16)13-12-14-4-10-17(20-2)11-5-14/h4-5,10-11,15-16H,3,6-9,12-13,18H2,1-2H3. The Morgan fingerprint density at radius 1 is 1.15 bits per heavy atom. The van der Waals surface area contributed by atoms with Crippen LogP contribution in [0.4, 0.5) is 0 Å². The van der Waals surface area contributed by atoms with Gasteiger partial charge in [-0.25, -0.2) is 0 Å². The van der Waals surface area contributed by atoms with E-state index in [1.165, 1.54) is 31.2 Å². The van der Waals surface area contributed by atoms with Crippen molar-refractivity contribution in [1.82, 2.24) is 4.90 Å². The summed E-state index contributed by atoms with van der Waals surface area (Å²) in [4.78, 5) is 2.62. The zero-order valence-electron chi connectivity index (χ0n) is 12.8. The molecule has 0 saturated heterocycles. The molecule has 2 rings (SSSR count). The van der Waals surface area contributed by atoms with Crippen molar-refractivity contribution >= 4 is 0 Å². The van der Waals surface area contributed by atoms with Gasteiger partial charge in [0.25, 0.3) is 0 Å². The van der Waals surface area contributed by atoms with Gasteiger partial charge in [0.2, 0.25) is 0 Å². The van der Waals surface area contributed by atoms with Crippen LogP contribution in [0.15, 0.2) is 24.3 Å². The first-order chi connectivity index (χ1) is 9.72. The van der Waals surface area contributed by atoms with E-state index in [1.807, 2.05) is 12.1 Å². The Bertz CT molecular complexity index is 382. The lowest BCUT2D eigenvalue weighted by molar-refractivity contribution is 0.158.